The highest BCUT2D eigenvalue weighted by Gasteiger charge is 2.52. The Bertz CT molecular complexity index is 993. The molecule has 0 unspecified atom stereocenters. The van der Waals surface area contributed by atoms with Crippen molar-refractivity contribution in [1.82, 2.24) is 0 Å². The van der Waals surface area contributed by atoms with Crippen LogP contribution in [0.15, 0.2) is 71.4 Å². The second-order valence-corrected chi connectivity index (χ2v) is 8.00. The molecule has 0 fully saturated rings. The minimum absolute atomic E-state index is 0.0994. The fraction of sp³-hybridized carbons (Fsp3) is 0.0476. The molecule has 2 aliphatic rings. The van der Waals surface area contributed by atoms with Crippen LogP contribution < -0.4 is 0 Å². The van der Waals surface area contributed by atoms with Crippen molar-refractivity contribution in [1.29, 1.82) is 0 Å². The largest absolute Gasteiger partial charge is 0.143 e. The van der Waals surface area contributed by atoms with E-state index in [4.69, 9.17) is 0 Å². The molecular formula is C21H12S2. The molecule has 0 amide bonds. The van der Waals surface area contributed by atoms with Gasteiger partial charge < -0.3 is 0 Å². The van der Waals surface area contributed by atoms with Gasteiger partial charge in [-0.1, -0.05) is 48.5 Å². The Balaban J connectivity index is 1.89. The summed E-state index contributed by atoms with van der Waals surface area (Å²) in [5, 5.41) is 4.50. The molecule has 2 heteroatoms. The van der Waals surface area contributed by atoms with E-state index in [2.05, 4.69) is 71.4 Å². The van der Waals surface area contributed by atoms with Crippen LogP contribution in [-0.4, -0.2) is 0 Å². The second kappa shape index (κ2) is 4.02. The van der Waals surface area contributed by atoms with Gasteiger partial charge in [0.2, 0.25) is 0 Å². The molecule has 23 heavy (non-hydrogen) atoms. The SMILES string of the molecule is c1ccc2c(c1)-c1ccccc1C21c2ccsc2-c2sccc21. The average molecular weight is 328 g/mol. The Labute approximate surface area is 142 Å². The number of hydrogen-bond acceptors (Lipinski definition) is 2. The first kappa shape index (κ1) is 12.3. The Hall–Kier alpha value is -2.16. The molecule has 2 aliphatic carbocycles. The number of rotatable bonds is 0. The molecule has 0 saturated carbocycles. The molecule has 6 rings (SSSR count). The van der Waals surface area contributed by atoms with E-state index >= 15 is 0 Å². The monoisotopic (exact) mass is 328 g/mol. The molecule has 2 aromatic heterocycles. The predicted molar refractivity (Wildman–Crippen MR) is 98.5 cm³/mol. The maximum absolute atomic E-state index is 2.34. The lowest BCUT2D eigenvalue weighted by molar-refractivity contribution is 0.798. The minimum atomic E-state index is -0.0994. The summed E-state index contributed by atoms with van der Waals surface area (Å²) < 4.78 is 0. The van der Waals surface area contributed by atoms with Crippen LogP contribution in [0.1, 0.15) is 22.3 Å². The zero-order valence-corrected chi connectivity index (χ0v) is 13.9. The summed E-state index contributed by atoms with van der Waals surface area (Å²) in [4.78, 5) is 2.92. The minimum Gasteiger partial charge on any atom is -0.143 e. The van der Waals surface area contributed by atoms with Crippen LogP contribution in [0.3, 0.4) is 0 Å². The predicted octanol–water partition coefficient (Wildman–Crippen LogP) is 6.15. The van der Waals surface area contributed by atoms with Crippen molar-refractivity contribution in [2.45, 2.75) is 5.41 Å². The first-order valence-electron chi connectivity index (χ1n) is 7.78. The van der Waals surface area contributed by atoms with Gasteiger partial charge in [-0.05, 0) is 56.3 Å². The summed E-state index contributed by atoms with van der Waals surface area (Å²) in [6.07, 6.45) is 0. The maximum Gasteiger partial charge on any atom is 0.0742 e. The molecule has 0 bridgehead atoms. The van der Waals surface area contributed by atoms with Crippen LogP contribution >= 0.6 is 22.7 Å². The standard InChI is InChI=1S/C21H12S2/c1-3-7-15-13(5-1)14-6-2-4-8-16(14)21(15)17-9-11-22-19(17)20-18(21)10-12-23-20/h1-12H. The summed E-state index contributed by atoms with van der Waals surface area (Å²) in [6, 6.07) is 22.6. The van der Waals surface area contributed by atoms with E-state index in [9.17, 15) is 0 Å². The molecule has 1 spiro atoms. The van der Waals surface area contributed by atoms with Crippen molar-refractivity contribution >= 4 is 22.7 Å². The fourth-order valence-electron chi connectivity index (χ4n) is 4.52. The van der Waals surface area contributed by atoms with Crippen molar-refractivity contribution in [2.24, 2.45) is 0 Å². The molecule has 108 valence electrons. The lowest BCUT2D eigenvalue weighted by Gasteiger charge is -2.28. The Morgan fingerprint density at radius 3 is 1.52 bits per heavy atom. The van der Waals surface area contributed by atoms with Gasteiger partial charge in [0.25, 0.3) is 0 Å². The molecule has 0 atom stereocenters. The summed E-state index contributed by atoms with van der Waals surface area (Å²) >= 11 is 3.76. The van der Waals surface area contributed by atoms with E-state index in [1.165, 1.54) is 43.1 Å². The van der Waals surface area contributed by atoms with Crippen molar-refractivity contribution in [3.05, 3.63) is 93.7 Å². The van der Waals surface area contributed by atoms with Crippen molar-refractivity contribution < 1.29 is 0 Å². The van der Waals surface area contributed by atoms with Crippen LogP contribution in [0.5, 0.6) is 0 Å². The van der Waals surface area contributed by atoms with Crippen LogP contribution in [0.25, 0.3) is 20.9 Å². The highest BCUT2D eigenvalue weighted by atomic mass is 32.1. The molecule has 0 nitrogen and oxygen atoms in total. The third-order valence-corrected chi connectivity index (χ3v) is 7.29. The van der Waals surface area contributed by atoms with Crippen molar-refractivity contribution in [3.8, 4) is 20.9 Å². The van der Waals surface area contributed by atoms with E-state index < -0.39 is 0 Å². The van der Waals surface area contributed by atoms with Crippen LogP contribution in [-0.2, 0) is 5.41 Å². The van der Waals surface area contributed by atoms with Crippen LogP contribution in [0, 0.1) is 0 Å². The highest BCUT2D eigenvalue weighted by molar-refractivity contribution is 7.21. The molecule has 0 N–H and O–H groups in total. The Morgan fingerprint density at radius 1 is 0.522 bits per heavy atom. The topological polar surface area (TPSA) is 0 Å². The van der Waals surface area contributed by atoms with E-state index in [-0.39, 0.29) is 5.41 Å². The van der Waals surface area contributed by atoms with Crippen LogP contribution in [0.2, 0.25) is 0 Å². The van der Waals surface area contributed by atoms with Gasteiger partial charge >= 0.3 is 0 Å². The molecule has 0 radical (unpaired) electrons. The molecular weight excluding hydrogens is 316 g/mol. The average Bonchev–Trinajstić information content (AvgIpc) is 3.33. The Kier molecular flexibility index (Phi) is 2.15. The third-order valence-electron chi connectivity index (χ3n) is 5.30. The summed E-state index contributed by atoms with van der Waals surface area (Å²) in [6.45, 7) is 0. The number of benzene rings is 2. The lowest BCUT2D eigenvalue weighted by Crippen LogP contribution is -2.24. The fourth-order valence-corrected chi connectivity index (χ4v) is 6.62. The van der Waals surface area contributed by atoms with Gasteiger partial charge in [0.05, 0.1) is 5.41 Å². The van der Waals surface area contributed by atoms with Gasteiger partial charge in [-0.3, -0.25) is 0 Å². The maximum atomic E-state index is 2.34. The number of thiophene rings is 2. The summed E-state index contributed by atoms with van der Waals surface area (Å²) in [5.41, 5.74) is 8.51. The van der Waals surface area contributed by atoms with Crippen molar-refractivity contribution in [3.63, 3.8) is 0 Å². The number of hydrogen-bond donors (Lipinski definition) is 0. The van der Waals surface area contributed by atoms with Gasteiger partial charge in [-0.2, -0.15) is 0 Å². The summed E-state index contributed by atoms with van der Waals surface area (Å²) in [5.74, 6) is 0. The van der Waals surface area contributed by atoms with Gasteiger partial charge in [0.15, 0.2) is 0 Å². The first-order chi connectivity index (χ1) is 11.4. The van der Waals surface area contributed by atoms with Gasteiger partial charge in [0, 0.05) is 9.75 Å². The molecule has 0 saturated heterocycles. The van der Waals surface area contributed by atoms with E-state index in [1.54, 1.807) is 0 Å². The normalized spacial score (nSPS) is 15.3. The molecule has 4 aromatic rings. The van der Waals surface area contributed by atoms with Gasteiger partial charge in [0.1, 0.15) is 0 Å². The summed E-state index contributed by atoms with van der Waals surface area (Å²) in [7, 11) is 0. The van der Waals surface area contributed by atoms with Crippen molar-refractivity contribution in [2.75, 3.05) is 0 Å². The molecule has 2 aromatic carbocycles. The molecule has 0 aliphatic heterocycles. The molecule has 2 heterocycles. The second-order valence-electron chi connectivity index (χ2n) is 6.17. The lowest BCUT2D eigenvalue weighted by atomic mass is 9.72. The zero-order chi connectivity index (χ0) is 15.0. The Morgan fingerprint density at radius 2 is 1.00 bits per heavy atom. The van der Waals surface area contributed by atoms with Gasteiger partial charge in [-0.25, -0.2) is 0 Å². The van der Waals surface area contributed by atoms with E-state index in [0.29, 0.717) is 0 Å². The van der Waals surface area contributed by atoms with Crippen LogP contribution in [0.4, 0.5) is 0 Å². The number of fused-ring (bicyclic) bond motifs is 10. The zero-order valence-electron chi connectivity index (χ0n) is 12.2. The smallest absolute Gasteiger partial charge is 0.0742 e. The highest BCUT2D eigenvalue weighted by Crippen LogP contribution is 2.64. The van der Waals surface area contributed by atoms with Gasteiger partial charge in [-0.15, -0.1) is 22.7 Å². The first-order valence-corrected chi connectivity index (χ1v) is 9.54. The third kappa shape index (κ3) is 1.22. The quantitative estimate of drug-likeness (QED) is 0.313. The van der Waals surface area contributed by atoms with E-state index in [0.717, 1.165) is 0 Å². The van der Waals surface area contributed by atoms with E-state index in [1.807, 2.05) is 22.7 Å².